The number of nitrogen functional groups attached to an aromatic ring is 1. The minimum atomic E-state index is 0.414. The first kappa shape index (κ1) is 22.5. The highest BCUT2D eigenvalue weighted by Gasteiger charge is 2.38. The molecular formula is C22H34N6OS. The van der Waals surface area contributed by atoms with E-state index in [9.17, 15) is 4.79 Å². The van der Waals surface area contributed by atoms with Crippen molar-refractivity contribution in [1.29, 1.82) is 0 Å². The Hall–Kier alpha value is -2.22. The lowest BCUT2D eigenvalue weighted by Gasteiger charge is -2.41. The van der Waals surface area contributed by atoms with Crippen LogP contribution in [-0.4, -0.2) is 47.3 Å². The zero-order chi connectivity index (χ0) is 21.9. The molecular weight excluding hydrogens is 396 g/mol. The van der Waals surface area contributed by atoms with Crippen LogP contribution in [0.15, 0.2) is 26.7 Å². The second kappa shape index (κ2) is 9.29. The van der Waals surface area contributed by atoms with Crippen molar-refractivity contribution in [3.63, 3.8) is 0 Å². The quantitative estimate of drug-likeness (QED) is 0.327. The van der Waals surface area contributed by atoms with Crippen LogP contribution in [0.5, 0.6) is 0 Å². The Morgan fingerprint density at radius 2 is 1.90 bits per heavy atom. The molecule has 1 aromatic heterocycles. The molecule has 0 bridgehead atoms. The molecule has 0 aromatic carbocycles. The Labute approximate surface area is 184 Å². The van der Waals surface area contributed by atoms with Crippen molar-refractivity contribution in [3.05, 3.63) is 28.0 Å². The van der Waals surface area contributed by atoms with Crippen LogP contribution < -0.4 is 11.5 Å². The number of piperidine rings is 1. The third-order valence-corrected chi connectivity index (χ3v) is 7.74. The summed E-state index contributed by atoms with van der Waals surface area (Å²) in [6.45, 7) is 7.73. The molecule has 0 unspecified atom stereocenters. The van der Waals surface area contributed by atoms with E-state index in [2.05, 4.69) is 14.9 Å². The summed E-state index contributed by atoms with van der Waals surface area (Å²) >= 11 is 1.53. The number of rotatable bonds is 4. The van der Waals surface area contributed by atoms with Crippen LogP contribution in [-0.2, 0) is 4.79 Å². The van der Waals surface area contributed by atoms with Gasteiger partial charge in [-0.15, -0.1) is 0 Å². The molecule has 0 radical (unpaired) electrons. The number of aryl methyl sites for hydroxylation is 1. The van der Waals surface area contributed by atoms with Gasteiger partial charge < -0.3 is 16.4 Å². The van der Waals surface area contributed by atoms with Gasteiger partial charge in [-0.2, -0.15) is 4.99 Å². The second-order valence-corrected chi connectivity index (χ2v) is 9.88. The fraction of sp³-hybridized carbons (Fsp3) is 0.591. The SMILES string of the molecule is C/C(Sc1cc(N)nc(C)c1C)=C(/N)N=C(N(C)C=O)N1CCC2(CCCC2)CC1. The third kappa shape index (κ3) is 4.91. The average Bonchev–Trinajstić information content (AvgIpc) is 3.17. The lowest BCUT2D eigenvalue weighted by Crippen LogP contribution is -2.48. The fourth-order valence-electron chi connectivity index (χ4n) is 4.47. The summed E-state index contributed by atoms with van der Waals surface area (Å²) in [6, 6.07) is 1.86. The second-order valence-electron chi connectivity index (χ2n) is 8.62. The Kier molecular flexibility index (Phi) is 6.95. The van der Waals surface area contributed by atoms with Crippen molar-refractivity contribution in [1.82, 2.24) is 14.8 Å². The summed E-state index contributed by atoms with van der Waals surface area (Å²) in [7, 11) is 1.73. The van der Waals surface area contributed by atoms with Gasteiger partial charge >= 0.3 is 0 Å². The fourth-order valence-corrected chi connectivity index (χ4v) is 5.43. The van der Waals surface area contributed by atoms with Gasteiger partial charge in [0.2, 0.25) is 12.4 Å². The molecule has 3 rings (SSSR count). The predicted molar refractivity (Wildman–Crippen MR) is 124 cm³/mol. The summed E-state index contributed by atoms with van der Waals surface area (Å²) in [5.41, 5.74) is 14.8. The van der Waals surface area contributed by atoms with E-state index in [1.54, 1.807) is 7.05 Å². The molecule has 1 amide bonds. The molecule has 1 spiro atoms. The smallest absolute Gasteiger partial charge is 0.216 e. The number of aromatic nitrogens is 1. The first-order valence-corrected chi connectivity index (χ1v) is 11.5. The molecule has 164 valence electrons. The average molecular weight is 431 g/mol. The van der Waals surface area contributed by atoms with Gasteiger partial charge in [0.15, 0.2) is 0 Å². The van der Waals surface area contributed by atoms with Gasteiger partial charge in [-0.25, -0.2) is 4.98 Å². The van der Waals surface area contributed by atoms with Gasteiger partial charge in [-0.3, -0.25) is 9.69 Å². The summed E-state index contributed by atoms with van der Waals surface area (Å²) in [5, 5.41) is 0. The number of anilines is 1. The Bertz CT molecular complexity index is 849. The molecule has 1 saturated carbocycles. The predicted octanol–water partition coefficient (Wildman–Crippen LogP) is 3.62. The molecule has 7 nitrogen and oxygen atoms in total. The number of nitrogens with two attached hydrogens (primary N) is 2. The van der Waals surface area contributed by atoms with Gasteiger partial charge in [-0.1, -0.05) is 24.6 Å². The molecule has 8 heteroatoms. The number of thioether (sulfide) groups is 1. The monoisotopic (exact) mass is 430 g/mol. The van der Waals surface area contributed by atoms with Gasteiger partial charge in [-0.05, 0) is 63.5 Å². The van der Waals surface area contributed by atoms with Crippen molar-refractivity contribution in [2.45, 2.75) is 64.2 Å². The summed E-state index contributed by atoms with van der Waals surface area (Å²) in [6.07, 6.45) is 8.48. The molecule has 4 N–H and O–H groups in total. The number of aliphatic imine (C=N–C) groups is 1. The maximum absolute atomic E-state index is 11.5. The van der Waals surface area contributed by atoms with Gasteiger partial charge in [0, 0.05) is 35.6 Å². The molecule has 1 aromatic rings. The van der Waals surface area contributed by atoms with E-state index in [1.807, 2.05) is 26.8 Å². The molecule has 2 aliphatic rings. The molecule has 2 fully saturated rings. The highest BCUT2D eigenvalue weighted by molar-refractivity contribution is 8.03. The van der Waals surface area contributed by atoms with Crippen molar-refractivity contribution >= 4 is 29.9 Å². The maximum Gasteiger partial charge on any atom is 0.216 e. The van der Waals surface area contributed by atoms with Crippen molar-refractivity contribution in [2.24, 2.45) is 16.1 Å². The zero-order valence-electron chi connectivity index (χ0n) is 18.6. The van der Waals surface area contributed by atoms with E-state index in [0.29, 0.717) is 23.0 Å². The van der Waals surface area contributed by atoms with Crippen LogP contribution in [0.3, 0.4) is 0 Å². The number of allylic oxidation sites excluding steroid dienone is 1. The van der Waals surface area contributed by atoms with E-state index < -0.39 is 0 Å². The number of nitrogens with zero attached hydrogens (tertiary/aromatic N) is 4. The summed E-state index contributed by atoms with van der Waals surface area (Å²) in [4.78, 5) is 26.1. The van der Waals surface area contributed by atoms with Crippen LogP contribution in [0.1, 0.15) is 56.7 Å². The van der Waals surface area contributed by atoms with Gasteiger partial charge in [0.25, 0.3) is 0 Å². The number of likely N-dealkylation sites (tertiary alicyclic amines) is 1. The molecule has 0 atom stereocenters. The van der Waals surface area contributed by atoms with Crippen molar-refractivity contribution in [3.8, 4) is 0 Å². The maximum atomic E-state index is 11.5. The summed E-state index contributed by atoms with van der Waals surface area (Å²) in [5.74, 6) is 1.53. The van der Waals surface area contributed by atoms with E-state index in [1.165, 1.54) is 42.3 Å². The minimum Gasteiger partial charge on any atom is -0.384 e. The number of carbonyl (C=O) groups is 1. The molecule has 1 aliphatic heterocycles. The molecule has 1 aliphatic carbocycles. The van der Waals surface area contributed by atoms with E-state index in [-0.39, 0.29) is 0 Å². The minimum absolute atomic E-state index is 0.414. The first-order chi connectivity index (χ1) is 14.2. The molecule has 30 heavy (non-hydrogen) atoms. The highest BCUT2D eigenvalue weighted by atomic mass is 32.2. The van der Waals surface area contributed by atoms with Crippen LogP contribution in [0, 0.1) is 19.3 Å². The number of amides is 1. The normalized spacial score (nSPS) is 19.7. The Morgan fingerprint density at radius 1 is 1.27 bits per heavy atom. The zero-order valence-corrected chi connectivity index (χ0v) is 19.4. The van der Waals surface area contributed by atoms with E-state index in [4.69, 9.17) is 11.5 Å². The summed E-state index contributed by atoms with van der Waals surface area (Å²) < 4.78 is 0. The third-order valence-electron chi connectivity index (χ3n) is 6.58. The number of pyridine rings is 1. The molecule has 1 saturated heterocycles. The Morgan fingerprint density at radius 3 is 2.50 bits per heavy atom. The number of guanidine groups is 1. The van der Waals surface area contributed by atoms with Crippen molar-refractivity contribution < 1.29 is 4.79 Å². The van der Waals surface area contributed by atoms with Crippen LogP contribution >= 0.6 is 11.8 Å². The van der Waals surface area contributed by atoms with Crippen LogP contribution in [0.4, 0.5) is 5.82 Å². The van der Waals surface area contributed by atoms with Crippen LogP contribution in [0.25, 0.3) is 0 Å². The number of carbonyl (C=O) groups excluding carboxylic acids is 1. The van der Waals surface area contributed by atoms with Gasteiger partial charge in [0.1, 0.15) is 11.6 Å². The van der Waals surface area contributed by atoms with E-state index >= 15 is 0 Å². The van der Waals surface area contributed by atoms with Crippen LogP contribution in [0.2, 0.25) is 0 Å². The number of hydrogen-bond donors (Lipinski definition) is 2. The largest absolute Gasteiger partial charge is 0.384 e. The lowest BCUT2D eigenvalue weighted by molar-refractivity contribution is -0.114. The molecule has 2 heterocycles. The first-order valence-electron chi connectivity index (χ1n) is 10.6. The Balaban J connectivity index is 1.81. The highest BCUT2D eigenvalue weighted by Crippen LogP contribution is 2.46. The standard InChI is InChI=1S/C22H34N6OS/c1-15-16(2)25-19(23)13-18(15)30-17(3)20(24)26-21(27(4)14-29)28-11-9-22(10-12-28)7-5-6-8-22/h13-14H,5-12,24H2,1-4H3,(H2,23,25)/b20-17+,26-21?. The number of hydrogen-bond acceptors (Lipinski definition) is 6. The van der Waals surface area contributed by atoms with Crippen molar-refractivity contribution in [2.75, 3.05) is 25.9 Å². The van der Waals surface area contributed by atoms with Gasteiger partial charge in [0.05, 0.1) is 0 Å². The van der Waals surface area contributed by atoms with E-state index in [0.717, 1.165) is 53.4 Å². The topological polar surface area (TPSA) is 101 Å². The lowest BCUT2D eigenvalue weighted by atomic mass is 9.77.